The Balaban J connectivity index is 2.11. The summed E-state index contributed by atoms with van der Waals surface area (Å²) in [6, 6.07) is 6.31. The van der Waals surface area contributed by atoms with Crippen LogP contribution < -0.4 is 0 Å². The quantitative estimate of drug-likeness (QED) is 0.477. The highest BCUT2D eigenvalue weighted by molar-refractivity contribution is 6.25. The van der Waals surface area contributed by atoms with Crippen LogP contribution in [-0.4, -0.2) is 30.6 Å². The molecule has 0 saturated heterocycles. The number of esters is 2. The molecule has 0 aromatic heterocycles. The number of carbonyl (C=O) groups is 4. The number of benzene rings is 1. The SMILES string of the molecule is COC(=O)c1ccc(C=CC(=O)C2C(=O)C=C(C)OC2=O)cc1. The van der Waals surface area contributed by atoms with Crippen molar-refractivity contribution in [1.29, 1.82) is 0 Å². The summed E-state index contributed by atoms with van der Waals surface area (Å²) < 4.78 is 9.37. The fraction of sp³-hybridized carbons (Fsp3) is 0.176. The van der Waals surface area contributed by atoms with Gasteiger partial charge < -0.3 is 9.47 Å². The number of hydrogen-bond acceptors (Lipinski definition) is 6. The molecule has 0 saturated carbocycles. The van der Waals surface area contributed by atoms with Crippen molar-refractivity contribution < 1.29 is 28.7 Å². The van der Waals surface area contributed by atoms with Crippen molar-refractivity contribution in [3.8, 4) is 0 Å². The van der Waals surface area contributed by atoms with Gasteiger partial charge in [0.05, 0.1) is 12.7 Å². The zero-order chi connectivity index (χ0) is 17.0. The lowest BCUT2D eigenvalue weighted by atomic mass is 9.96. The number of ketones is 2. The van der Waals surface area contributed by atoms with E-state index in [1.54, 1.807) is 24.3 Å². The van der Waals surface area contributed by atoms with Crippen LogP contribution in [0.25, 0.3) is 6.08 Å². The smallest absolute Gasteiger partial charge is 0.337 e. The average molecular weight is 314 g/mol. The van der Waals surface area contributed by atoms with E-state index in [0.29, 0.717) is 11.1 Å². The molecule has 118 valence electrons. The Bertz CT molecular complexity index is 724. The Hall–Kier alpha value is -3.02. The predicted molar refractivity (Wildman–Crippen MR) is 80.2 cm³/mol. The maximum atomic E-state index is 12.0. The molecule has 1 aliphatic heterocycles. The first-order chi connectivity index (χ1) is 10.9. The third kappa shape index (κ3) is 3.79. The van der Waals surface area contributed by atoms with Gasteiger partial charge >= 0.3 is 11.9 Å². The van der Waals surface area contributed by atoms with Gasteiger partial charge in [0.15, 0.2) is 17.5 Å². The molecular formula is C17H14O6. The van der Waals surface area contributed by atoms with E-state index in [9.17, 15) is 19.2 Å². The molecule has 1 unspecified atom stereocenters. The molecule has 23 heavy (non-hydrogen) atoms. The topological polar surface area (TPSA) is 86.7 Å². The molecule has 1 atom stereocenters. The van der Waals surface area contributed by atoms with Crippen LogP contribution in [0.3, 0.4) is 0 Å². The van der Waals surface area contributed by atoms with Gasteiger partial charge in [0, 0.05) is 6.08 Å². The highest BCUT2D eigenvalue weighted by Gasteiger charge is 2.36. The Morgan fingerprint density at radius 1 is 1.17 bits per heavy atom. The van der Waals surface area contributed by atoms with Crippen molar-refractivity contribution >= 4 is 29.6 Å². The third-order valence-electron chi connectivity index (χ3n) is 3.18. The second-order valence-electron chi connectivity index (χ2n) is 4.86. The minimum atomic E-state index is -1.45. The number of hydrogen-bond donors (Lipinski definition) is 0. The molecule has 0 fully saturated rings. The Morgan fingerprint density at radius 3 is 2.39 bits per heavy atom. The van der Waals surface area contributed by atoms with E-state index in [2.05, 4.69) is 4.74 Å². The lowest BCUT2D eigenvalue weighted by Gasteiger charge is -2.15. The summed E-state index contributed by atoms with van der Waals surface area (Å²) in [6.07, 6.45) is 3.73. The normalized spacial score (nSPS) is 17.7. The highest BCUT2D eigenvalue weighted by atomic mass is 16.5. The molecule has 1 aliphatic rings. The van der Waals surface area contributed by atoms with Crippen molar-refractivity contribution in [3.05, 3.63) is 53.3 Å². The standard InChI is InChI=1S/C17H14O6/c1-10-9-14(19)15(17(21)23-10)13(18)8-5-11-3-6-12(7-4-11)16(20)22-2/h3-9,15H,1-2H3. The molecule has 0 N–H and O–H groups in total. The van der Waals surface area contributed by atoms with E-state index < -0.39 is 29.4 Å². The van der Waals surface area contributed by atoms with Crippen LogP contribution in [0.2, 0.25) is 0 Å². The minimum absolute atomic E-state index is 0.173. The molecule has 0 spiro atoms. The van der Waals surface area contributed by atoms with Gasteiger partial charge in [-0.15, -0.1) is 0 Å². The van der Waals surface area contributed by atoms with E-state index >= 15 is 0 Å². The lowest BCUT2D eigenvalue weighted by Crippen LogP contribution is -2.34. The largest absolute Gasteiger partial charge is 0.465 e. The highest BCUT2D eigenvalue weighted by Crippen LogP contribution is 2.17. The van der Waals surface area contributed by atoms with Crippen molar-refractivity contribution in [2.24, 2.45) is 5.92 Å². The van der Waals surface area contributed by atoms with Crippen LogP contribution in [0, 0.1) is 5.92 Å². The first-order valence-corrected chi connectivity index (χ1v) is 6.76. The zero-order valence-corrected chi connectivity index (χ0v) is 12.6. The van der Waals surface area contributed by atoms with Crippen LogP contribution in [0.5, 0.6) is 0 Å². The zero-order valence-electron chi connectivity index (χ0n) is 12.6. The Labute approximate surface area is 132 Å². The second-order valence-corrected chi connectivity index (χ2v) is 4.86. The maximum absolute atomic E-state index is 12.0. The van der Waals surface area contributed by atoms with Gasteiger partial charge in [-0.2, -0.15) is 0 Å². The van der Waals surface area contributed by atoms with Crippen LogP contribution in [-0.2, 0) is 23.9 Å². The van der Waals surface area contributed by atoms with Gasteiger partial charge in [-0.3, -0.25) is 14.4 Å². The predicted octanol–water partition coefficient (Wildman–Crippen LogP) is 1.70. The Morgan fingerprint density at radius 2 is 1.83 bits per heavy atom. The molecule has 1 aromatic carbocycles. The van der Waals surface area contributed by atoms with E-state index in [4.69, 9.17) is 4.74 Å². The van der Waals surface area contributed by atoms with Crippen molar-refractivity contribution in [2.75, 3.05) is 7.11 Å². The van der Waals surface area contributed by atoms with Gasteiger partial charge in [-0.25, -0.2) is 4.79 Å². The Kier molecular flexibility index (Phi) is 4.85. The van der Waals surface area contributed by atoms with E-state index in [1.807, 2.05) is 0 Å². The molecule has 2 rings (SSSR count). The fourth-order valence-electron chi connectivity index (χ4n) is 2.03. The monoisotopic (exact) mass is 314 g/mol. The maximum Gasteiger partial charge on any atom is 0.337 e. The number of allylic oxidation sites excluding steroid dienone is 3. The van der Waals surface area contributed by atoms with Crippen LogP contribution >= 0.6 is 0 Å². The van der Waals surface area contributed by atoms with Gasteiger partial charge in [0.25, 0.3) is 0 Å². The summed E-state index contributed by atoms with van der Waals surface area (Å²) in [5.41, 5.74) is 1.01. The number of cyclic esters (lactones) is 1. The van der Waals surface area contributed by atoms with Crippen LogP contribution in [0.4, 0.5) is 0 Å². The first-order valence-electron chi connectivity index (χ1n) is 6.76. The first kappa shape index (κ1) is 16.4. The molecule has 0 aliphatic carbocycles. The number of ether oxygens (including phenoxy) is 2. The second kappa shape index (κ2) is 6.83. The number of carbonyl (C=O) groups excluding carboxylic acids is 4. The van der Waals surface area contributed by atoms with Crippen LogP contribution in [0.1, 0.15) is 22.8 Å². The van der Waals surface area contributed by atoms with Crippen molar-refractivity contribution in [2.45, 2.75) is 6.92 Å². The van der Waals surface area contributed by atoms with Gasteiger partial charge in [0.2, 0.25) is 0 Å². The number of rotatable bonds is 4. The van der Waals surface area contributed by atoms with Crippen molar-refractivity contribution in [3.63, 3.8) is 0 Å². The summed E-state index contributed by atoms with van der Waals surface area (Å²) >= 11 is 0. The molecule has 6 nitrogen and oxygen atoms in total. The number of methoxy groups -OCH3 is 1. The third-order valence-corrected chi connectivity index (χ3v) is 3.18. The van der Waals surface area contributed by atoms with Gasteiger partial charge in [0.1, 0.15) is 5.76 Å². The molecule has 0 bridgehead atoms. The van der Waals surface area contributed by atoms with Crippen LogP contribution in [0.15, 0.2) is 42.2 Å². The minimum Gasteiger partial charge on any atom is -0.465 e. The molecule has 1 heterocycles. The van der Waals surface area contributed by atoms with Crippen molar-refractivity contribution in [1.82, 2.24) is 0 Å². The molecule has 0 amide bonds. The summed E-state index contributed by atoms with van der Waals surface area (Å²) in [6.45, 7) is 1.47. The fourth-order valence-corrected chi connectivity index (χ4v) is 2.03. The average Bonchev–Trinajstić information content (AvgIpc) is 2.51. The summed E-state index contributed by atoms with van der Waals surface area (Å²) in [7, 11) is 1.28. The molecule has 1 aromatic rings. The summed E-state index contributed by atoms with van der Waals surface area (Å²) in [5.74, 6) is -3.86. The van der Waals surface area contributed by atoms with Gasteiger partial charge in [-0.1, -0.05) is 18.2 Å². The van der Waals surface area contributed by atoms with E-state index in [0.717, 1.165) is 12.2 Å². The lowest BCUT2D eigenvalue weighted by molar-refractivity contribution is -0.151. The summed E-state index contributed by atoms with van der Waals surface area (Å²) in [5, 5.41) is 0. The molecule has 0 radical (unpaired) electrons. The molecular weight excluding hydrogens is 300 g/mol. The summed E-state index contributed by atoms with van der Waals surface area (Å²) in [4.78, 5) is 46.7. The van der Waals surface area contributed by atoms with E-state index in [1.165, 1.54) is 20.1 Å². The molecule has 6 heteroatoms. The van der Waals surface area contributed by atoms with E-state index in [-0.39, 0.29) is 5.76 Å². The van der Waals surface area contributed by atoms with Gasteiger partial charge in [-0.05, 0) is 30.7 Å².